The van der Waals surface area contributed by atoms with Gasteiger partial charge >= 0.3 is 0 Å². The second-order valence-corrected chi connectivity index (χ2v) is 2.63. The molecule has 16 heavy (non-hydrogen) atoms. The number of azo groups is 1. The minimum absolute atomic E-state index is 0. The van der Waals surface area contributed by atoms with Crippen molar-refractivity contribution in [1.29, 1.82) is 10.8 Å². The van der Waals surface area contributed by atoms with E-state index in [9.17, 15) is 0 Å². The van der Waals surface area contributed by atoms with Crippen molar-refractivity contribution in [3.63, 3.8) is 0 Å². The molecule has 0 aliphatic heterocycles. The Morgan fingerprint density at radius 2 is 1.12 bits per heavy atom. The summed E-state index contributed by atoms with van der Waals surface area (Å²) in [5.74, 6) is -0.205. The van der Waals surface area contributed by atoms with Gasteiger partial charge in [-0.2, -0.15) is 10.2 Å². The molecule has 0 heterocycles. The van der Waals surface area contributed by atoms with Gasteiger partial charge in [0.1, 0.15) is 11.7 Å². The van der Waals surface area contributed by atoms with E-state index in [1.54, 1.807) is 0 Å². The molecule has 0 unspecified atom stereocenters. The molecule has 0 radical (unpaired) electrons. The second kappa shape index (κ2) is 10.1. The van der Waals surface area contributed by atoms with Gasteiger partial charge in [0.15, 0.2) is 0 Å². The van der Waals surface area contributed by atoms with Crippen molar-refractivity contribution in [2.45, 2.75) is 0 Å². The highest BCUT2D eigenvalue weighted by atomic mass is 35.5. The zero-order valence-electron chi connectivity index (χ0n) is 8.69. The highest BCUT2D eigenvalue weighted by molar-refractivity contribution is 5.94. The molecular weight excluding hydrogens is 251 g/mol. The summed E-state index contributed by atoms with van der Waals surface area (Å²) in [5.41, 5.74) is 11.1. The zero-order chi connectivity index (χ0) is 11.1. The van der Waals surface area contributed by atoms with E-state index in [2.05, 4.69) is 23.4 Å². The Morgan fingerprint density at radius 1 is 0.875 bits per heavy atom. The Bertz CT molecular complexity index is 280. The molecule has 0 fully saturated rings. The molecule has 0 aromatic carbocycles. The number of hydrogen-bond donors (Lipinski definition) is 4. The standard InChI is InChI=1S/C8H14N6.2ClH/c1-5(7(9)10)3-13-14-4-6(2)8(11)12;;/h1-4H2,(H3,9,10)(H3,11,12);2*1H. The number of rotatable bonds is 6. The van der Waals surface area contributed by atoms with Crippen LogP contribution in [0.2, 0.25) is 0 Å². The topological polar surface area (TPSA) is 124 Å². The minimum Gasteiger partial charge on any atom is -0.384 e. The third kappa shape index (κ3) is 9.17. The molecular formula is C8H16Cl2N6. The molecule has 0 amide bonds. The average molecular weight is 267 g/mol. The Labute approximate surface area is 107 Å². The molecule has 0 bridgehead atoms. The van der Waals surface area contributed by atoms with E-state index < -0.39 is 0 Å². The van der Waals surface area contributed by atoms with Crippen LogP contribution in [-0.2, 0) is 0 Å². The lowest BCUT2D eigenvalue weighted by atomic mass is 10.3. The van der Waals surface area contributed by atoms with Gasteiger partial charge < -0.3 is 11.5 Å². The van der Waals surface area contributed by atoms with Crippen LogP contribution in [0.4, 0.5) is 0 Å². The van der Waals surface area contributed by atoms with Gasteiger partial charge in [-0.05, 0) is 0 Å². The Kier molecular flexibility index (Phi) is 12.7. The molecule has 0 atom stereocenters. The molecule has 0 saturated heterocycles. The van der Waals surface area contributed by atoms with Crippen LogP contribution in [0, 0.1) is 10.8 Å². The van der Waals surface area contributed by atoms with Gasteiger partial charge in [-0.25, -0.2) is 0 Å². The maximum atomic E-state index is 6.99. The van der Waals surface area contributed by atoms with E-state index in [4.69, 9.17) is 22.3 Å². The first-order chi connectivity index (χ1) is 6.45. The second-order valence-electron chi connectivity index (χ2n) is 2.63. The monoisotopic (exact) mass is 266 g/mol. The average Bonchev–Trinajstić information content (AvgIpc) is 2.11. The summed E-state index contributed by atoms with van der Waals surface area (Å²) in [5, 5.41) is 21.4. The van der Waals surface area contributed by atoms with E-state index in [1.807, 2.05) is 0 Å². The van der Waals surface area contributed by atoms with Crippen LogP contribution in [0.1, 0.15) is 0 Å². The summed E-state index contributed by atoms with van der Waals surface area (Å²) < 4.78 is 0. The largest absolute Gasteiger partial charge is 0.384 e. The van der Waals surface area contributed by atoms with Crippen molar-refractivity contribution in [2.24, 2.45) is 21.7 Å². The summed E-state index contributed by atoms with van der Waals surface area (Å²) in [4.78, 5) is 0. The van der Waals surface area contributed by atoms with Crippen LogP contribution in [-0.4, -0.2) is 24.8 Å². The first-order valence-electron chi connectivity index (χ1n) is 3.82. The van der Waals surface area contributed by atoms with E-state index >= 15 is 0 Å². The molecule has 0 aliphatic carbocycles. The van der Waals surface area contributed by atoms with Gasteiger partial charge in [0.25, 0.3) is 0 Å². The van der Waals surface area contributed by atoms with E-state index in [0.29, 0.717) is 11.1 Å². The number of nitrogens with two attached hydrogens (primary N) is 2. The Hall–Kier alpha value is -1.40. The molecule has 0 rings (SSSR count). The van der Waals surface area contributed by atoms with Crippen molar-refractivity contribution in [2.75, 3.05) is 13.1 Å². The number of nitrogens with one attached hydrogen (secondary N) is 2. The molecule has 92 valence electrons. The maximum Gasteiger partial charge on any atom is 0.119 e. The first-order valence-corrected chi connectivity index (χ1v) is 3.82. The highest BCUT2D eigenvalue weighted by Gasteiger charge is 1.96. The third-order valence-electron chi connectivity index (χ3n) is 1.38. The number of hydrogen-bond acceptors (Lipinski definition) is 4. The fourth-order valence-electron chi connectivity index (χ4n) is 0.441. The summed E-state index contributed by atoms with van der Waals surface area (Å²) in [7, 11) is 0. The van der Waals surface area contributed by atoms with Gasteiger partial charge in [-0.3, -0.25) is 10.8 Å². The van der Waals surface area contributed by atoms with E-state index in [-0.39, 0.29) is 49.6 Å². The van der Waals surface area contributed by atoms with E-state index in [0.717, 1.165) is 0 Å². The van der Waals surface area contributed by atoms with Crippen LogP contribution in [0.25, 0.3) is 0 Å². The fourth-order valence-corrected chi connectivity index (χ4v) is 0.441. The minimum atomic E-state index is -0.102. The SMILES string of the molecule is C=C(CN=NCC(=C)C(=N)N)C(=N)N.Cl.Cl. The smallest absolute Gasteiger partial charge is 0.119 e. The molecule has 0 aliphatic rings. The van der Waals surface area contributed by atoms with Crippen molar-refractivity contribution in [3.8, 4) is 0 Å². The lowest BCUT2D eigenvalue weighted by Gasteiger charge is -1.98. The zero-order valence-corrected chi connectivity index (χ0v) is 10.3. The summed E-state index contributed by atoms with van der Waals surface area (Å²) >= 11 is 0. The first kappa shape index (κ1) is 20.1. The molecule has 8 heteroatoms. The number of halogens is 2. The quantitative estimate of drug-likeness (QED) is 0.328. The number of nitrogens with zero attached hydrogens (tertiary/aromatic N) is 2. The lowest BCUT2D eigenvalue weighted by molar-refractivity contribution is 0.952. The Morgan fingerprint density at radius 3 is 1.31 bits per heavy atom. The molecule has 6 N–H and O–H groups in total. The van der Waals surface area contributed by atoms with Crippen molar-refractivity contribution in [3.05, 3.63) is 24.3 Å². The fraction of sp³-hybridized carbons (Fsp3) is 0.250. The van der Waals surface area contributed by atoms with Crippen molar-refractivity contribution in [1.82, 2.24) is 0 Å². The van der Waals surface area contributed by atoms with Crippen molar-refractivity contribution < 1.29 is 0 Å². The van der Waals surface area contributed by atoms with Gasteiger partial charge in [-0.1, -0.05) is 13.2 Å². The summed E-state index contributed by atoms with van der Waals surface area (Å²) in [6.07, 6.45) is 0. The van der Waals surface area contributed by atoms with Gasteiger partial charge in [0, 0.05) is 11.1 Å². The van der Waals surface area contributed by atoms with Gasteiger partial charge in [0.2, 0.25) is 0 Å². The molecule has 0 saturated carbocycles. The lowest BCUT2D eigenvalue weighted by Crippen LogP contribution is -2.14. The van der Waals surface area contributed by atoms with Crippen LogP contribution in [0.15, 0.2) is 34.5 Å². The molecule has 0 aromatic heterocycles. The van der Waals surface area contributed by atoms with Gasteiger partial charge in [0.05, 0.1) is 13.1 Å². The Balaban J connectivity index is -0.000000845. The van der Waals surface area contributed by atoms with Crippen LogP contribution >= 0.6 is 24.8 Å². The predicted molar refractivity (Wildman–Crippen MR) is 71.2 cm³/mol. The third-order valence-corrected chi connectivity index (χ3v) is 1.38. The van der Waals surface area contributed by atoms with Crippen LogP contribution in [0.3, 0.4) is 0 Å². The normalized spacial score (nSPS) is 8.75. The highest BCUT2D eigenvalue weighted by Crippen LogP contribution is 1.93. The molecule has 0 aromatic rings. The molecule has 0 spiro atoms. The van der Waals surface area contributed by atoms with Crippen LogP contribution < -0.4 is 11.5 Å². The van der Waals surface area contributed by atoms with Crippen molar-refractivity contribution >= 4 is 36.5 Å². The van der Waals surface area contributed by atoms with Crippen LogP contribution in [0.5, 0.6) is 0 Å². The van der Waals surface area contributed by atoms with E-state index in [1.165, 1.54) is 0 Å². The summed E-state index contributed by atoms with van der Waals surface area (Å²) in [6, 6.07) is 0. The summed E-state index contributed by atoms with van der Waals surface area (Å²) in [6.45, 7) is 7.39. The van der Waals surface area contributed by atoms with Gasteiger partial charge in [-0.15, -0.1) is 24.8 Å². The maximum absolute atomic E-state index is 6.99. The molecule has 6 nitrogen and oxygen atoms in total. The number of amidine groups is 2. The predicted octanol–water partition coefficient (Wildman–Crippen LogP) is 1.27.